The van der Waals surface area contributed by atoms with E-state index in [9.17, 15) is 21.5 Å². The van der Waals surface area contributed by atoms with Crippen LogP contribution in [-0.4, -0.2) is 31.1 Å². The molecule has 1 unspecified atom stereocenters. The Balaban J connectivity index is 2.24. The molecule has 0 aromatic carbocycles. The van der Waals surface area contributed by atoms with E-state index in [1.165, 1.54) is 6.07 Å². The minimum atomic E-state index is -4.75. The fraction of sp³-hybridized carbons (Fsp3) is 0.333. The van der Waals surface area contributed by atoms with Gasteiger partial charge >= 0.3 is 10.2 Å². The Morgan fingerprint density at radius 3 is 2.59 bits per heavy atom. The van der Waals surface area contributed by atoms with E-state index in [0.29, 0.717) is 0 Å². The van der Waals surface area contributed by atoms with E-state index in [2.05, 4.69) is 4.98 Å². The number of halogens is 2. The van der Waals surface area contributed by atoms with Crippen molar-refractivity contribution >= 4 is 21.9 Å². The smallest absolute Gasteiger partial charge is 0.295 e. The van der Waals surface area contributed by atoms with Gasteiger partial charge in [-0.1, -0.05) is 0 Å². The molecule has 0 radical (unpaired) electrons. The average Bonchev–Trinajstić information content (AvgIpc) is 2.61. The second kappa shape index (κ2) is 4.02. The van der Waals surface area contributed by atoms with Gasteiger partial charge in [-0.15, -0.1) is 3.89 Å². The predicted molar refractivity (Wildman–Crippen MR) is 55.0 cm³/mol. The van der Waals surface area contributed by atoms with Crippen LogP contribution in [0.4, 0.5) is 14.1 Å². The molecule has 1 aromatic heterocycles. The molecular weight excluding hydrogens is 254 g/mol. The van der Waals surface area contributed by atoms with E-state index in [1.54, 1.807) is 0 Å². The number of pyridine rings is 1. The van der Waals surface area contributed by atoms with Crippen LogP contribution in [0.25, 0.3) is 0 Å². The van der Waals surface area contributed by atoms with Crippen molar-refractivity contribution in [1.82, 2.24) is 4.98 Å². The molecule has 1 aliphatic heterocycles. The van der Waals surface area contributed by atoms with E-state index < -0.39 is 33.6 Å². The number of nitrogens with zero attached hydrogens (tertiary/aromatic N) is 2. The summed E-state index contributed by atoms with van der Waals surface area (Å²) in [6, 6.07) is 2.33. The average molecular weight is 262 g/mol. The molecule has 1 aromatic rings. The lowest BCUT2D eigenvalue weighted by atomic mass is 10.4. The molecule has 8 heteroatoms. The Labute approximate surface area is 96.3 Å². The standard InChI is InChI=1S/C9H8F2N2O3S/c10-6-1-2-8(12-4-6)13-5-7(3-9(13)14)17(11,15)16/h1-2,4,7H,3,5H2. The van der Waals surface area contributed by atoms with Crippen molar-refractivity contribution < 1.29 is 21.5 Å². The number of carbonyl (C=O) groups excluding carboxylic acids is 1. The van der Waals surface area contributed by atoms with Gasteiger partial charge in [0.25, 0.3) is 0 Å². The normalized spacial score (nSPS) is 20.9. The SMILES string of the molecule is O=C1CC(S(=O)(=O)F)CN1c1ccc(F)cn1. The molecule has 1 fully saturated rings. The minimum absolute atomic E-state index is 0.113. The molecule has 2 heterocycles. The summed E-state index contributed by atoms with van der Waals surface area (Å²) in [4.78, 5) is 16.1. The summed E-state index contributed by atoms with van der Waals surface area (Å²) in [7, 11) is -4.75. The third-order valence-corrected chi connectivity index (χ3v) is 3.59. The van der Waals surface area contributed by atoms with Gasteiger partial charge in [-0.3, -0.25) is 9.69 Å². The van der Waals surface area contributed by atoms with Gasteiger partial charge in [0.1, 0.15) is 16.9 Å². The van der Waals surface area contributed by atoms with Gasteiger partial charge < -0.3 is 0 Å². The number of anilines is 1. The van der Waals surface area contributed by atoms with Crippen molar-refractivity contribution in [2.24, 2.45) is 0 Å². The Morgan fingerprint density at radius 2 is 2.12 bits per heavy atom. The highest BCUT2D eigenvalue weighted by molar-refractivity contribution is 7.87. The van der Waals surface area contributed by atoms with Crippen molar-refractivity contribution in [3.05, 3.63) is 24.1 Å². The second-order valence-corrected chi connectivity index (χ2v) is 5.26. The van der Waals surface area contributed by atoms with Crippen molar-refractivity contribution in [3.63, 3.8) is 0 Å². The molecule has 1 saturated heterocycles. The van der Waals surface area contributed by atoms with Crippen LogP contribution in [0.2, 0.25) is 0 Å². The quantitative estimate of drug-likeness (QED) is 0.733. The van der Waals surface area contributed by atoms with Crippen molar-refractivity contribution in [3.8, 4) is 0 Å². The first-order valence-electron chi connectivity index (χ1n) is 4.73. The Kier molecular flexibility index (Phi) is 2.82. The maximum Gasteiger partial charge on any atom is 0.307 e. The van der Waals surface area contributed by atoms with E-state index >= 15 is 0 Å². The predicted octanol–water partition coefficient (Wildman–Crippen LogP) is 0.625. The molecule has 17 heavy (non-hydrogen) atoms. The maximum absolute atomic E-state index is 12.7. The highest BCUT2D eigenvalue weighted by Crippen LogP contribution is 2.24. The van der Waals surface area contributed by atoms with Gasteiger partial charge in [0, 0.05) is 13.0 Å². The summed E-state index contributed by atoms with van der Waals surface area (Å²) in [5.41, 5.74) is 0. The fourth-order valence-corrected chi connectivity index (χ4v) is 2.28. The minimum Gasteiger partial charge on any atom is -0.295 e. The summed E-state index contributed by atoms with van der Waals surface area (Å²) in [5, 5.41) is -1.37. The highest BCUT2D eigenvalue weighted by Gasteiger charge is 2.39. The molecule has 1 atom stereocenters. The van der Waals surface area contributed by atoms with Gasteiger partial charge in [0.2, 0.25) is 5.91 Å². The number of rotatable bonds is 2. The molecule has 0 bridgehead atoms. The molecule has 92 valence electrons. The summed E-state index contributed by atoms with van der Waals surface area (Å²) >= 11 is 0. The summed E-state index contributed by atoms with van der Waals surface area (Å²) in [6.07, 6.45) is 0.484. The van der Waals surface area contributed by atoms with Crippen LogP contribution in [0.15, 0.2) is 18.3 Å². The lowest BCUT2D eigenvalue weighted by molar-refractivity contribution is -0.117. The monoisotopic (exact) mass is 262 g/mol. The van der Waals surface area contributed by atoms with Gasteiger partial charge in [0.15, 0.2) is 0 Å². The first-order chi connectivity index (χ1) is 7.88. The Bertz CT molecular complexity index is 544. The molecule has 5 nitrogen and oxygen atoms in total. The van der Waals surface area contributed by atoms with Crippen LogP contribution >= 0.6 is 0 Å². The first-order valence-corrected chi connectivity index (χ1v) is 6.18. The van der Waals surface area contributed by atoms with Crippen LogP contribution < -0.4 is 4.90 Å². The molecule has 1 aliphatic rings. The number of amides is 1. The Morgan fingerprint density at radius 1 is 1.41 bits per heavy atom. The van der Waals surface area contributed by atoms with Gasteiger partial charge in [0.05, 0.1) is 6.20 Å². The van der Waals surface area contributed by atoms with E-state index in [4.69, 9.17) is 0 Å². The Hall–Kier alpha value is -1.57. The third-order valence-electron chi connectivity index (χ3n) is 2.48. The lowest BCUT2D eigenvalue weighted by Crippen LogP contribution is -2.27. The van der Waals surface area contributed by atoms with Crippen LogP contribution in [0.3, 0.4) is 0 Å². The number of hydrogen-bond acceptors (Lipinski definition) is 4. The lowest BCUT2D eigenvalue weighted by Gasteiger charge is -2.14. The van der Waals surface area contributed by atoms with Crippen LogP contribution in [0.5, 0.6) is 0 Å². The summed E-state index contributed by atoms with van der Waals surface area (Å²) in [6.45, 7) is -0.295. The molecule has 0 spiro atoms. The molecule has 0 saturated carbocycles. The van der Waals surface area contributed by atoms with Crippen molar-refractivity contribution in [1.29, 1.82) is 0 Å². The third kappa shape index (κ3) is 2.41. The van der Waals surface area contributed by atoms with E-state index in [-0.39, 0.29) is 12.4 Å². The number of hydrogen-bond donors (Lipinski definition) is 0. The first kappa shape index (κ1) is 11.9. The summed E-state index contributed by atoms with van der Waals surface area (Å²) < 4.78 is 46.7. The van der Waals surface area contributed by atoms with Crippen molar-refractivity contribution in [2.75, 3.05) is 11.4 Å². The van der Waals surface area contributed by atoms with E-state index in [0.717, 1.165) is 17.2 Å². The topological polar surface area (TPSA) is 67.3 Å². The molecular formula is C9H8F2N2O3S. The largest absolute Gasteiger partial charge is 0.307 e. The van der Waals surface area contributed by atoms with Gasteiger partial charge in [-0.05, 0) is 12.1 Å². The zero-order valence-corrected chi connectivity index (χ0v) is 9.32. The second-order valence-electron chi connectivity index (χ2n) is 3.64. The molecule has 1 amide bonds. The molecule has 2 rings (SSSR count). The number of aromatic nitrogens is 1. The van der Waals surface area contributed by atoms with E-state index in [1.807, 2.05) is 0 Å². The zero-order chi connectivity index (χ0) is 12.6. The molecule has 0 N–H and O–H groups in total. The highest BCUT2D eigenvalue weighted by atomic mass is 32.3. The maximum atomic E-state index is 12.7. The fourth-order valence-electron chi connectivity index (χ4n) is 1.61. The van der Waals surface area contributed by atoms with Gasteiger partial charge in [-0.2, -0.15) is 8.42 Å². The molecule has 0 aliphatic carbocycles. The van der Waals surface area contributed by atoms with Crippen molar-refractivity contribution in [2.45, 2.75) is 11.7 Å². The summed E-state index contributed by atoms with van der Waals surface area (Å²) in [5.74, 6) is -1.01. The van der Waals surface area contributed by atoms with Crippen LogP contribution in [0.1, 0.15) is 6.42 Å². The van der Waals surface area contributed by atoms with Crippen LogP contribution in [-0.2, 0) is 15.0 Å². The number of carbonyl (C=O) groups is 1. The zero-order valence-electron chi connectivity index (χ0n) is 8.51. The van der Waals surface area contributed by atoms with Gasteiger partial charge in [-0.25, -0.2) is 9.37 Å². The van der Waals surface area contributed by atoms with Crippen LogP contribution in [0, 0.1) is 5.82 Å².